The fourth-order valence-electron chi connectivity index (χ4n) is 3.31. The van der Waals surface area contributed by atoms with E-state index in [-0.39, 0.29) is 24.1 Å². The molecule has 31 heavy (non-hydrogen) atoms. The van der Waals surface area contributed by atoms with Crippen LogP contribution in [-0.2, 0) is 24.4 Å². The lowest BCUT2D eigenvalue weighted by Crippen LogP contribution is -2.44. The molecule has 0 spiro atoms. The summed E-state index contributed by atoms with van der Waals surface area (Å²) in [4.78, 5) is 47.0. The van der Waals surface area contributed by atoms with Crippen molar-refractivity contribution in [3.05, 3.63) is 81.0 Å². The Bertz CT molecular complexity index is 1370. The maximum Gasteiger partial charge on any atom is 0.333 e. The smallest absolute Gasteiger partial charge is 0.333 e. The number of hydrogen-bond donors (Lipinski definition) is 1. The number of aromatic nitrogens is 4. The first-order chi connectivity index (χ1) is 15.0. The summed E-state index contributed by atoms with van der Waals surface area (Å²) in [6, 6.07) is 12.8. The van der Waals surface area contributed by atoms with Gasteiger partial charge in [-0.3, -0.25) is 18.7 Å². The molecular formula is C22H21N5O4. The molecule has 0 saturated carbocycles. The van der Waals surface area contributed by atoms with Crippen LogP contribution in [0.4, 0.5) is 0 Å². The monoisotopic (exact) mass is 419 g/mol. The number of benzene rings is 1. The van der Waals surface area contributed by atoms with Gasteiger partial charge < -0.3 is 9.73 Å². The Labute approximate surface area is 177 Å². The minimum Gasteiger partial charge on any atom is -0.465 e. The number of fused-ring (bicyclic) bond motifs is 1. The highest BCUT2D eigenvalue weighted by atomic mass is 16.3. The van der Waals surface area contributed by atoms with E-state index in [2.05, 4.69) is 15.3 Å². The molecule has 9 nitrogen and oxygen atoms in total. The summed E-state index contributed by atoms with van der Waals surface area (Å²) in [5.41, 5.74) is -0.180. The zero-order chi connectivity index (χ0) is 22.0. The van der Waals surface area contributed by atoms with E-state index < -0.39 is 23.7 Å². The van der Waals surface area contributed by atoms with Crippen LogP contribution >= 0.6 is 0 Å². The van der Waals surface area contributed by atoms with E-state index in [1.807, 2.05) is 30.3 Å². The molecule has 0 unspecified atom stereocenters. The average molecular weight is 419 g/mol. The van der Waals surface area contributed by atoms with Crippen molar-refractivity contribution < 1.29 is 9.21 Å². The van der Waals surface area contributed by atoms with Gasteiger partial charge in [0.25, 0.3) is 5.56 Å². The van der Waals surface area contributed by atoms with E-state index in [4.69, 9.17) is 4.42 Å². The second-order valence-corrected chi connectivity index (χ2v) is 7.00. The lowest BCUT2D eigenvalue weighted by atomic mass is 10.2. The van der Waals surface area contributed by atoms with Gasteiger partial charge in [-0.2, -0.15) is 0 Å². The highest BCUT2D eigenvalue weighted by Crippen LogP contribution is 2.16. The second kappa shape index (κ2) is 8.39. The first kappa shape index (κ1) is 20.3. The number of nitrogens with zero attached hydrogens (tertiary/aromatic N) is 4. The van der Waals surface area contributed by atoms with Crippen LogP contribution in [0.3, 0.4) is 0 Å². The van der Waals surface area contributed by atoms with Crippen molar-refractivity contribution in [3.63, 3.8) is 0 Å². The lowest BCUT2D eigenvalue weighted by molar-refractivity contribution is -0.122. The van der Waals surface area contributed by atoms with Gasteiger partial charge in [0.1, 0.15) is 23.5 Å². The molecule has 158 valence electrons. The molecule has 4 rings (SSSR count). The van der Waals surface area contributed by atoms with E-state index in [0.29, 0.717) is 11.6 Å². The minimum absolute atomic E-state index is 0.167. The van der Waals surface area contributed by atoms with Crippen LogP contribution < -0.4 is 16.6 Å². The summed E-state index contributed by atoms with van der Waals surface area (Å²) in [5.74, 6) is 1.26. The normalized spacial score (nSPS) is 11.0. The fraction of sp³-hybridized carbons (Fsp3) is 0.227. The van der Waals surface area contributed by atoms with Crippen LogP contribution in [0.5, 0.6) is 0 Å². The largest absolute Gasteiger partial charge is 0.465 e. The standard InChI is InChI=1S/C22H21N5O4/c1-3-26-20-17(12-24-19(25-20)15-7-5-4-6-8-15)21(29)27(22(26)30)13-18(28)23-11-16-10-9-14(2)31-16/h4-10,12H,3,11,13H2,1-2H3,(H,23,28). The number of carbonyl (C=O) groups is 1. The number of carbonyl (C=O) groups excluding carboxylic acids is 1. The number of amides is 1. The highest BCUT2D eigenvalue weighted by molar-refractivity contribution is 5.78. The van der Waals surface area contributed by atoms with Crippen molar-refractivity contribution >= 4 is 16.9 Å². The molecule has 1 amide bonds. The maximum atomic E-state index is 13.0. The molecule has 9 heteroatoms. The molecule has 0 aliphatic heterocycles. The summed E-state index contributed by atoms with van der Waals surface area (Å²) in [6.07, 6.45) is 1.40. The average Bonchev–Trinajstić information content (AvgIpc) is 3.21. The van der Waals surface area contributed by atoms with Gasteiger partial charge >= 0.3 is 5.69 Å². The Morgan fingerprint density at radius 3 is 2.55 bits per heavy atom. The van der Waals surface area contributed by atoms with E-state index in [9.17, 15) is 14.4 Å². The number of nitrogens with one attached hydrogen (secondary N) is 1. The van der Waals surface area contributed by atoms with Gasteiger partial charge in [-0.15, -0.1) is 0 Å². The third kappa shape index (κ3) is 4.02. The minimum atomic E-state index is -0.603. The van der Waals surface area contributed by atoms with Crippen molar-refractivity contribution in [2.75, 3.05) is 0 Å². The first-order valence-corrected chi connectivity index (χ1v) is 9.85. The van der Waals surface area contributed by atoms with Crippen molar-refractivity contribution in [1.82, 2.24) is 24.4 Å². The molecule has 0 radical (unpaired) electrons. The molecular weight excluding hydrogens is 398 g/mol. The molecule has 0 saturated heterocycles. The quantitative estimate of drug-likeness (QED) is 0.511. The molecule has 0 bridgehead atoms. The van der Waals surface area contributed by atoms with Crippen LogP contribution in [0.1, 0.15) is 18.4 Å². The Hall–Kier alpha value is -4.01. The fourth-order valence-corrected chi connectivity index (χ4v) is 3.31. The third-order valence-electron chi connectivity index (χ3n) is 4.87. The van der Waals surface area contributed by atoms with Gasteiger partial charge in [0.05, 0.1) is 6.54 Å². The van der Waals surface area contributed by atoms with Gasteiger partial charge in [-0.1, -0.05) is 30.3 Å². The summed E-state index contributed by atoms with van der Waals surface area (Å²) >= 11 is 0. The van der Waals surface area contributed by atoms with Crippen LogP contribution in [-0.4, -0.2) is 25.0 Å². The number of furan rings is 1. The Kier molecular flexibility index (Phi) is 5.48. The molecule has 3 aromatic heterocycles. The topological polar surface area (TPSA) is 112 Å². The second-order valence-electron chi connectivity index (χ2n) is 7.00. The van der Waals surface area contributed by atoms with Crippen LogP contribution in [0.2, 0.25) is 0 Å². The van der Waals surface area contributed by atoms with Gasteiger partial charge in [0.2, 0.25) is 5.91 Å². The molecule has 0 aliphatic rings. The van der Waals surface area contributed by atoms with E-state index in [1.54, 1.807) is 26.0 Å². The van der Waals surface area contributed by atoms with Gasteiger partial charge in [-0.05, 0) is 26.0 Å². The van der Waals surface area contributed by atoms with Crippen LogP contribution in [0.25, 0.3) is 22.4 Å². The molecule has 0 fully saturated rings. The van der Waals surface area contributed by atoms with E-state index in [0.717, 1.165) is 15.9 Å². The Morgan fingerprint density at radius 1 is 1.10 bits per heavy atom. The predicted octanol–water partition coefficient (Wildman–Crippen LogP) is 1.86. The SMILES string of the molecule is CCn1c(=O)n(CC(=O)NCc2ccc(C)o2)c(=O)c2cnc(-c3ccccc3)nc21. The van der Waals surface area contributed by atoms with Gasteiger partial charge in [0.15, 0.2) is 11.5 Å². The summed E-state index contributed by atoms with van der Waals surface area (Å²) in [5, 5.41) is 2.84. The van der Waals surface area contributed by atoms with Crippen molar-refractivity contribution in [2.45, 2.75) is 33.5 Å². The molecule has 1 aromatic carbocycles. The molecule has 1 N–H and O–H groups in total. The molecule has 3 heterocycles. The van der Waals surface area contributed by atoms with Crippen molar-refractivity contribution in [2.24, 2.45) is 0 Å². The summed E-state index contributed by atoms with van der Waals surface area (Å²) < 4.78 is 7.68. The number of aryl methyl sites for hydroxylation is 2. The Morgan fingerprint density at radius 2 is 1.87 bits per heavy atom. The number of rotatable bonds is 6. The summed E-state index contributed by atoms with van der Waals surface area (Å²) in [6.45, 7) is 3.63. The third-order valence-corrected chi connectivity index (χ3v) is 4.87. The summed E-state index contributed by atoms with van der Waals surface area (Å²) in [7, 11) is 0. The van der Waals surface area contributed by atoms with Crippen molar-refractivity contribution in [1.29, 1.82) is 0 Å². The van der Waals surface area contributed by atoms with Gasteiger partial charge in [-0.25, -0.2) is 14.8 Å². The van der Waals surface area contributed by atoms with Crippen LogP contribution in [0, 0.1) is 6.92 Å². The number of hydrogen-bond acceptors (Lipinski definition) is 6. The first-order valence-electron chi connectivity index (χ1n) is 9.85. The maximum absolute atomic E-state index is 13.0. The lowest BCUT2D eigenvalue weighted by Gasteiger charge is -2.12. The predicted molar refractivity (Wildman–Crippen MR) is 114 cm³/mol. The zero-order valence-electron chi connectivity index (χ0n) is 17.2. The molecule has 0 atom stereocenters. The van der Waals surface area contributed by atoms with Crippen molar-refractivity contribution in [3.8, 4) is 11.4 Å². The molecule has 4 aromatic rings. The van der Waals surface area contributed by atoms with E-state index in [1.165, 1.54) is 10.8 Å². The highest BCUT2D eigenvalue weighted by Gasteiger charge is 2.17. The Balaban J connectivity index is 1.69. The van der Waals surface area contributed by atoms with E-state index >= 15 is 0 Å². The molecule has 0 aliphatic carbocycles. The van der Waals surface area contributed by atoms with Crippen LogP contribution in [0.15, 0.2) is 62.7 Å². The van der Waals surface area contributed by atoms with Gasteiger partial charge in [0, 0.05) is 18.3 Å². The zero-order valence-corrected chi connectivity index (χ0v) is 17.2.